The van der Waals surface area contributed by atoms with E-state index in [0.29, 0.717) is 18.4 Å². The summed E-state index contributed by atoms with van der Waals surface area (Å²) in [6, 6.07) is 15.6. The van der Waals surface area contributed by atoms with Crippen LogP contribution in [0.1, 0.15) is 53.1 Å². The standard InChI is InChI=1S/C25H30N2OS/c1-18-6-2-7-19(16-18)23(28)9-4-12-26-14-11-22-21(17-26)20-8-3-10-24-25(20)27(22)13-5-15-29-24/h2-3,6-8,10,16,21-22H,4-5,9,11-15,17H2,1H3/t21-,22-/m0/s1. The minimum atomic E-state index is 0.282. The maximum Gasteiger partial charge on any atom is 0.162 e. The van der Waals surface area contributed by atoms with E-state index >= 15 is 0 Å². The second kappa shape index (κ2) is 8.16. The van der Waals surface area contributed by atoms with Crippen LogP contribution >= 0.6 is 11.8 Å². The first kappa shape index (κ1) is 19.2. The number of rotatable bonds is 5. The molecular formula is C25H30N2OS. The fourth-order valence-electron chi connectivity index (χ4n) is 5.44. The van der Waals surface area contributed by atoms with Gasteiger partial charge in [-0.3, -0.25) is 4.79 Å². The third-order valence-electron chi connectivity index (χ3n) is 6.80. The number of nitrogens with zero attached hydrogens (tertiary/aromatic N) is 2. The second-order valence-corrected chi connectivity index (χ2v) is 9.89. The van der Waals surface area contributed by atoms with Crippen LogP contribution in [0.3, 0.4) is 0 Å². The minimum Gasteiger partial charge on any atom is -0.367 e. The van der Waals surface area contributed by atoms with E-state index < -0.39 is 0 Å². The average Bonchev–Trinajstić information content (AvgIpc) is 2.89. The van der Waals surface area contributed by atoms with Crippen molar-refractivity contribution in [1.29, 1.82) is 0 Å². The lowest BCUT2D eigenvalue weighted by molar-refractivity contribution is 0.0971. The number of aryl methyl sites for hydroxylation is 1. The molecule has 2 aromatic carbocycles. The normalized spacial score (nSPS) is 23.4. The van der Waals surface area contributed by atoms with Gasteiger partial charge in [0.1, 0.15) is 0 Å². The lowest BCUT2D eigenvalue weighted by atomic mass is 9.89. The number of hydrogen-bond acceptors (Lipinski definition) is 4. The molecule has 5 rings (SSSR count). The van der Waals surface area contributed by atoms with Crippen LogP contribution in [0.25, 0.3) is 0 Å². The molecule has 0 bridgehead atoms. The van der Waals surface area contributed by atoms with E-state index in [1.165, 1.54) is 30.0 Å². The molecule has 2 aromatic rings. The molecule has 0 radical (unpaired) electrons. The third-order valence-corrected chi connectivity index (χ3v) is 7.93. The first-order chi connectivity index (χ1) is 14.2. The Morgan fingerprint density at radius 2 is 2.07 bits per heavy atom. The Morgan fingerprint density at radius 3 is 2.97 bits per heavy atom. The van der Waals surface area contributed by atoms with Crippen LogP contribution < -0.4 is 4.90 Å². The Kier molecular flexibility index (Phi) is 5.40. The Hall–Kier alpha value is -1.78. The summed E-state index contributed by atoms with van der Waals surface area (Å²) in [7, 11) is 0. The molecule has 152 valence electrons. The predicted octanol–water partition coefficient (Wildman–Crippen LogP) is 5.13. The van der Waals surface area contributed by atoms with Gasteiger partial charge in [-0.2, -0.15) is 0 Å². The first-order valence-corrected chi connectivity index (χ1v) is 12.0. The van der Waals surface area contributed by atoms with Crippen molar-refractivity contribution in [1.82, 2.24) is 4.90 Å². The monoisotopic (exact) mass is 406 g/mol. The zero-order valence-corrected chi connectivity index (χ0v) is 18.1. The number of para-hydroxylation sites is 1. The van der Waals surface area contributed by atoms with E-state index in [2.05, 4.69) is 28.0 Å². The number of thioether (sulfide) groups is 1. The van der Waals surface area contributed by atoms with Crippen LogP contribution in [0.5, 0.6) is 0 Å². The van der Waals surface area contributed by atoms with Crippen LogP contribution in [-0.4, -0.2) is 48.7 Å². The highest BCUT2D eigenvalue weighted by molar-refractivity contribution is 7.99. The molecule has 4 heteroatoms. The van der Waals surface area contributed by atoms with Gasteiger partial charge >= 0.3 is 0 Å². The number of carbonyl (C=O) groups is 1. The van der Waals surface area contributed by atoms with E-state index in [0.717, 1.165) is 37.2 Å². The molecule has 3 aliphatic rings. The van der Waals surface area contributed by atoms with Crippen molar-refractivity contribution in [2.24, 2.45) is 0 Å². The SMILES string of the molecule is Cc1cccc(C(=O)CCCN2CC[C@H]3[C@@H](C2)c2cccc4c2N3CCCS4)c1. The van der Waals surface area contributed by atoms with Gasteiger partial charge in [-0.15, -0.1) is 11.8 Å². The number of anilines is 1. The summed E-state index contributed by atoms with van der Waals surface area (Å²) < 4.78 is 0. The number of Topliss-reactive ketones (excluding diaryl/α,β-unsaturated/α-hetero) is 1. The van der Waals surface area contributed by atoms with E-state index in [-0.39, 0.29) is 5.78 Å². The Morgan fingerprint density at radius 1 is 1.17 bits per heavy atom. The van der Waals surface area contributed by atoms with Crippen LogP contribution in [0.15, 0.2) is 47.4 Å². The molecule has 1 fully saturated rings. The van der Waals surface area contributed by atoms with Crippen LogP contribution in [0.2, 0.25) is 0 Å². The van der Waals surface area contributed by atoms with Crippen molar-refractivity contribution in [3.05, 3.63) is 59.2 Å². The fraction of sp³-hybridized carbons (Fsp3) is 0.480. The smallest absolute Gasteiger partial charge is 0.162 e. The molecule has 0 aromatic heterocycles. The van der Waals surface area contributed by atoms with Crippen LogP contribution in [-0.2, 0) is 0 Å². The molecule has 3 aliphatic heterocycles. The predicted molar refractivity (Wildman–Crippen MR) is 121 cm³/mol. The van der Waals surface area contributed by atoms with Gasteiger partial charge in [0.05, 0.1) is 5.69 Å². The Labute approximate surface area is 178 Å². The number of hydrogen-bond donors (Lipinski definition) is 0. The summed E-state index contributed by atoms with van der Waals surface area (Å²) in [6.45, 7) is 6.59. The second-order valence-electron chi connectivity index (χ2n) is 8.75. The van der Waals surface area contributed by atoms with Crippen molar-refractivity contribution >= 4 is 23.2 Å². The molecule has 3 nitrogen and oxygen atoms in total. The molecule has 0 N–H and O–H groups in total. The Bertz CT molecular complexity index is 911. The number of piperidine rings is 1. The maximum absolute atomic E-state index is 12.5. The van der Waals surface area contributed by atoms with Gasteiger partial charge in [0.2, 0.25) is 0 Å². The largest absolute Gasteiger partial charge is 0.367 e. The van der Waals surface area contributed by atoms with Crippen LogP contribution in [0.4, 0.5) is 5.69 Å². The maximum atomic E-state index is 12.5. The quantitative estimate of drug-likeness (QED) is 0.642. The molecule has 0 unspecified atom stereocenters. The lowest BCUT2D eigenvalue weighted by Gasteiger charge is -2.39. The lowest BCUT2D eigenvalue weighted by Crippen LogP contribution is -2.46. The van der Waals surface area contributed by atoms with Crippen molar-refractivity contribution in [2.75, 3.05) is 36.8 Å². The van der Waals surface area contributed by atoms with Crippen molar-refractivity contribution < 1.29 is 4.79 Å². The number of benzene rings is 2. The molecule has 29 heavy (non-hydrogen) atoms. The molecule has 0 aliphatic carbocycles. The highest BCUT2D eigenvalue weighted by Gasteiger charge is 2.43. The molecule has 1 saturated heterocycles. The molecule has 0 spiro atoms. The first-order valence-electron chi connectivity index (χ1n) is 11.1. The van der Waals surface area contributed by atoms with Gasteiger partial charge in [-0.1, -0.05) is 35.9 Å². The molecule has 3 heterocycles. The van der Waals surface area contributed by atoms with E-state index in [1.54, 1.807) is 11.3 Å². The van der Waals surface area contributed by atoms with Crippen LogP contribution in [0, 0.1) is 6.92 Å². The number of likely N-dealkylation sites (tertiary alicyclic amines) is 1. The highest BCUT2D eigenvalue weighted by Crippen LogP contribution is 2.50. The number of fused-ring (bicyclic) bond motifs is 3. The average molecular weight is 407 g/mol. The zero-order chi connectivity index (χ0) is 19.8. The van der Waals surface area contributed by atoms with Gasteiger partial charge in [0.25, 0.3) is 0 Å². The summed E-state index contributed by atoms with van der Waals surface area (Å²) >= 11 is 2.04. The third kappa shape index (κ3) is 3.73. The minimum absolute atomic E-state index is 0.282. The molecule has 0 saturated carbocycles. The highest BCUT2D eigenvalue weighted by atomic mass is 32.2. The summed E-state index contributed by atoms with van der Waals surface area (Å²) in [5.74, 6) is 2.15. The molecule has 2 atom stereocenters. The fourth-order valence-corrected chi connectivity index (χ4v) is 6.48. The number of ketones is 1. The number of carbonyl (C=O) groups excluding carboxylic acids is 1. The summed E-state index contributed by atoms with van der Waals surface area (Å²) in [5, 5.41) is 0. The van der Waals surface area contributed by atoms with Crippen molar-refractivity contribution in [3.63, 3.8) is 0 Å². The van der Waals surface area contributed by atoms with Gasteiger partial charge < -0.3 is 9.80 Å². The summed E-state index contributed by atoms with van der Waals surface area (Å²) in [4.78, 5) is 19.3. The van der Waals surface area contributed by atoms with Crippen molar-refractivity contribution in [2.45, 2.75) is 49.5 Å². The van der Waals surface area contributed by atoms with E-state index in [1.807, 2.05) is 43.0 Å². The topological polar surface area (TPSA) is 23.6 Å². The van der Waals surface area contributed by atoms with E-state index in [9.17, 15) is 4.79 Å². The Balaban J connectivity index is 1.22. The van der Waals surface area contributed by atoms with Crippen molar-refractivity contribution in [3.8, 4) is 0 Å². The van der Waals surface area contributed by atoms with Gasteiger partial charge in [-0.05, 0) is 56.2 Å². The zero-order valence-electron chi connectivity index (χ0n) is 17.3. The molecular weight excluding hydrogens is 376 g/mol. The molecule has 0 amide bonds. The van der Waals surface area contributed by atoms with Gasteiger partial charge in [0.15, 0.2) is 5.78 Å². The van der Waals surface area contributed by atoms with Gasteiger partial charge in [0, 0.05) is 48.5 Å². The summed E-state index contributed by atoms with van der Waals surface area (Å²) in [5.41, 5.74) is 5.14. The van der Waals surface area contributed by atoms with Gasteiger partial charge in [-0.25, -0.2) is 0 Å². The summed E-state index contributed by atoms with van der Waals surface area (Å²) in [6.07, 6.45) is 4.14. The van der Waals surface area contributed by atoms with E-state index in [4.69, 9.17) is 0 Å².